The largest absolute Gasteiger partial charge is 0.392 e. The van der Waals surface area contributed by atoms with Crippen molar-refractivity contribution in [2.75, 3.05) is 13.2 Å². The fourth-order valence-electron chi connectivity index (χ4n) is 6.50. The van der Waals surface area contributed by atoms with Gasteiger partial charge in [0, 0.05) is 0 Å². The molecule has 1 aliphatic heterocycles. The van der Waals surface area contributed by atoms with Crippen LogP contribution in [0.1, 0.15) is 66.2 Å². The number of fused-ring (bicyclic) bond motifs is 3. The summed E-state index contributed by atoms with van der Waals surface area (Å²) in [6.07, 6.45) is 9.03. The van der Waals surface area contributed by atoms with Gasteiger partial charge in [0.15, 0.2) is 0 Å². The topological polar surface area (TPSA) is 49.7 Å². The van der Waals surface area contributed by atoms with Gasteiger partial charge in [0.05, 0.1) is 24.9 Å². The molecule has 3 fully saturated rings. The molecule has 1 saturated heterocycles. The van der Waals surface area contributed by atoms with E-state index in [2.05, 4.69) is 27.7 Å². The van der Waals surface area contributed by atoms with Gasteiger partial charge >= 0.3 is 0 Å². The van der Waals surface area contributed by atoms with Crippen LogP contribution in [0.5, 0.6) is 0 Å². The van der Waals surface area contributed by atoms with E-state index in [1.807, 2.05) is 0 Å². The average molecular weight is 322 g/mol. The quantitative estimate of drug-likeness (QED) is 0.779. The third-order valence-corrected chi connectivity index (χ3v) is 7.55. The molecule has 0 radical (unpaired) electrons. The molecule has 0 aromatic heterocycles. The lowest BCUT2D eigenvalue weighted by Gasteiger charge is -2.60. The summed E-state index contributed by atoms with van der Waals surface area (Å²) < 4.78 is 6.50. The molecule has 3 aliphatic rings. The highest BCUT2D eigenvalue weighted by Gasteiger charge is 2.62. The van der Waals surface area contributed by atoms with Crippen molar-refractivity contribution in [3.63, 3.8) is 0 Å². The van der Waals surface area contributed by atoms with Crippen molar-refractivity contribution in [2.45, 2.75) is 77.9 Å². The highest BCUT2D eigenvalue weighted by molar-refractivity contribution is 5.18. The maximum atomic E-state index is 9.66. The van der Waals surface area contributed by atoms with Gasteiger partial charge in [0.1, 0.15) is 0 Å². The Labute approximate surface area is 141 Å². The first kappa shape index (κ1) is 17.4. The Morgan fingerprint density at radius 1 is 1.09 bits per heavy atom. The number of aliphatic hydroxyl groups excluding tert-OH is 2. The summed E-state index contributed by atoms with van der Waals surface area (Å²) in [6, 6.07) is 0. The maximum absolute atomic E-state index is 9.66. The molecule has 5 atom stereocenters. The van der Waals surface area contributed by atoms with Crippen LogP contribution in [0.2, 0.25) is 0 Å². The third kappa shape index (κ3) is 2.69. The van der Waals surface area contributed by atoms with Crippen LogP contribution in [0, 0.1) is 22.7 Å². The Morgan fingerprint density at radius 2 is 1.83 bits per heavy atom. The molecule has 23 heavy (non-hydrogen) atoms. The monoisotopic (exact) mass is 322 g/mol. The lowest BCUT2D eigenvalue weighted by molar-refractivity contribution is -0.152. The fraction of sp³-hybridized carbons (Fsp3) is 0.900. The second-order valence-electron chi connectivity index (χ2n) is 9.27. The SMILES string of the molecule is CC1(C)CCCC2(C)C1CCC1(C)OC(/C(=C\CO)CO)CC12. The summed E-state index contributed by atoms with van der Waals surface area (Å²) in [5.41, 5.74) is 1.54. The van der Waals surface area contributed by atoms with Gasteiger partial charge in [-0.1, -0.05) is 33.3 Å². The minimum absolute atomic E-state index is 0.0142. The van der Waals surface area contributed by atoms with Gasteiger partial charge in [-0.3, -0.25) is 0 Å². The summed E-state index contributed by atoms with van der Waals surface area (Å²) in [5.74, 6) is 1.32. The Bertz CT molecular complexity index is 483. The van der Waals surface area contributed by atoms with Gasteiger partial charge in [0.25, 0.3) is 0 Å². The molecule has 2 N–H and O–H groups in total. The van der Waals surface area contributed by atoms with E-state index < -0.39 is 0 Å². The summed E-state index contributed by atoms with van der Waals surface area (Å²) in [4.78, 5) is 0. The Morgan fingerprint density at radius 3 is 2.48 bits per heavy atom. The van der Waals surface area contributed by atoms with Crippen LogP contribution < -0.4 is 0 Å². The van der Waals surface area contributed by atoms with Gasteiger partial charge in [0.2, 0.25) is 0 Å². The van der Waals surface area contributed by atoms with Crippen LogP contribution in [0.15, 0.2) is 11.6 Å². The van der Waals surface area contributed by atoms with Crippen molar-refractivity contribution in [1.29, 1.82) is 0 Å². The molecule has 0 aromatic rings. The van der Waals surface area contributed by atoms with Crippen LogP contribution in [0.3, 0.4) is 0 Å². The second kappa shape index (κ2) is 5.86. The molecule has 3 rings (SSSR count). The molecular weight excluding hydrogens is 288 g/mol. The first-order valence-corrected chi connectivity index (χ1v) is 9.35. The Hall–Kier alpha value is -0.380. The van der Waals surface area contributed by atoms with E-state index >= 15 is 0 Å². The van der Waals surface area contributed by atoms with Crippen molar-refractivity contribution in [3.05, 3.63) is 11.6 Å². The van der Waals surface area contributed by atoms with Crippen LogP contribution >= 0.6 is 0 Å². The molecule has 5 unspecified atom stereocenters. The van der Waals surface area contributed by atoms with E-state index in [1.165, 1.54) is 25.7 Å². The summed E-state index contributed by atoms with van der Waals surface area (Å²) >= 11 is 0. The van der Waals surface area contributed by atoms with E-state index in [1.54, 1.807) is 6.08 Å². The Kier molecular flexibility index (Phi) is 4.44. The first-order chi connectivity index (χ1) is 10.8. The van der Waals surface area contributed by atoms with E-state index in [0.717, 1.165) is 24.3 Å². The molecule has 3 nitrogen and oxygen atoms in total. The van der Waals surface area contributed by atoms with Crippen LogP contribution in [-0.4, -0.2) is 35.1 Å². The lowest BCUT2D eigenvalue weighted by Crippen LogP contribution is -2.55. The van der Waals surface area contributed by atoms with Crippen molar-refractivity contribution in [3.8, 4) is 0 Å². The maximum Gasteiger partial charge on any atom is 0.0819 e. The third-order valence-electron chi connectivity index (χ3n) is 7.55. The number of ether oxygens (including phenoxy) is 1. The van der Waals surface area contributed by atoms with Crippen LogP contribution in [-0.2, 0) is 4.74 Å². The predicted octanol–water partition coefficient (Wildman–Crippen LogP) is 3.69. The first-order valence-electron chi connectivity index (χ1n) is 9.35. The predicted molar refractivity (Wildman–Crippen MR) is 92.1 cm³/mol. The van der Waals surface area contributed by atoms with Crippen molar-refractivity contribution < 1.29 is 14.9 Å². The standard InChI is InChI=1S/C20H34O3/c1-18(2)8-5-9-19(3)16(18)6-10-20(4)17(19)12-15(23-20)14(13-22)7-11-21/h7,15-17,21-22H,5-6,8-13H2,1-4H3/b14-7-. The number of rotatable bonds is 3. The average Bonchev–Trinajstić information content (AvgIpc) is 2.82. The van der Waals surface area contributed by atoms with Gasteiger partial charge in [-0.05, 0) is 67.3 Å². The molecule has 132 valence electrons. The summed E-state index contributed by atoms with van der Waals surface area (Å²) in [7, 11) is 0. The van der Waals surface area contributed by atoms with E-state index in [4.69, 9.17) is 4.74 Å². The van der Waals surface area contributed by atoms with Crippen LogP contribution in [0.25, 0.3) is 0 Å². The van der Waals surface area contributed by atoms with Gasteiger partial charge in [-0.25, -0.2) is 0 Å². The summed E-state index contributed by atoms with van der Waals surface area (Å²) in [6.45, 7) is 9.66. The number of aliphatic hydroxyl groups is 2. The van der Waals surface area contributed by atoms with Gasteiger partial charge in [-0.15, -0.1) is 0 Å². The van der Waals surface area contributed by atoms with Crippen molar-refractivity contribution in [2.24, 2.45) is 22.7 Å². The minimum Gasteiger partial charge on any atom is -0.392 e. The lowest BCUT2D eigenvalue weighted by atomic mass is 9.45. The minimum atomic E-state index is -0.0763. The molecule has 1 heterocycles. The zero-order chi connectivity index (χ0) is 16.9. The molecule has 0 aromatic carbocycles. The smallest absolute Gasteiger partial charge is 0.0819 e. The zero-order valence-corrected chi connectivity index (χ0v) is 15.3. The van der Waals surface area contributed by atoms with Gasteiger partial charge in [-0.2, -0.15) is 0 Å². The molecule has 0 amide bonds. The Balaban J connectivity index is 1.91. The molecule has 0 spiro atoms. The fourth-order valence-corrected chi connectivity index (χ4v) is 6.50. The van der Waals surface area contributed by atoms with Crippen molar-refractivity contribution in [1.82, 2.24) is 0 Å². The highest BCUT2D eigenvalue weighted by Crippen LogP contribution is 2.65. The van der Waals surface area contributed by atoms with E-state index in [9.17, 15) is 10.2 Å². The molecule has 0 bridgehead atoms. The number of hydrogen-bond acceptors (Lipinski definition) is 3. The highest BCUT2D eigenvalue weighted by atomic mass is 16.5. The number of hydrogen-bond donors (Lipinski definition) is 2. The zero-order valence-electron chi connectivity index (χ0n) is 15.3. The van der Waals surface area contributed by atoms with E-state index in [0.29, 0.717) is 16.7 Å². The van der Waals surface area contributed by atoms with Crippen LogP contribution in [0.4, 0.5) is 0 Å². The van der Waals surface area contributed by atoms with E-state index in [-0.39, 0.29) is 24.9 Å². The molecular formula is C20H34O3. The molecule has 3 heteroatoms. The normalized spacial score (nSPS) is 46.3. The van der Waals surface area contributed by atoms with Gasteiger partial charge < -0.3 is 14.9 Å². The molecule has 2 saturated carbocycles. The molecule has 2 aliphatic carbocycles. The summed E-state index contributed by atoms with van der Waals surface area (Å²) in [5, 5.41) is 18.9. The second-order valence-corrected chi connectivity index (χ2v) is 9.27. The van der Waals surface area contributed by atoms with Crippen molar-refractivity contribution >= 4 is 0 Å².